The van der Waals surface area contributed by atoms with E-state index in [1.165, 1.54) is 24.6 Å². The summed E-state index contributed by atoms with van der Waals surface area (Å²) in [6, 6.07) is 10.5. The van der Waals surface area contributed by atoms with Crippen molar-refractivity contribution < 1.29 is 8.78 Å². The minimum absolute atomic E-state index is 0.0714. The van der Waals surface area contributed by atoms with Crippen LogP contribution < -0.4 is 0 Å². The Balaban J connectivity index is 2.49. The smallest absolute Gasteiger partial charge is 0.136 e. The fraction of sp³-hybridized carbons (Fsp3) is 0.200. The molecule has 0 aliphatic heterocycles. The Bertz CT molecular complexity index is 527. The molecule has 0 fully saturated rings. The molecule has 0 aliphatic carbocycles. The van der Waals surface area contributed by atoms with E-state index in [4.69, 9.17) is 0 Å². The van der Waals surface area contributed by atoms with E-state index in [1.807, 2.05) is 24.3 Å². The molecular weight excluding hydrogens is 218 g/mol. The van der Waals surface area contributed by atoms with Gasteiger partial charge in [-0.1, -0.05) is 31.2 Å². The van der Waals surface area contributed by atoms with E-state index in [9.17, 15) is 8.78 Å². The van der Waals surface area contributed by atoms with Crippen molar-refractivity contribution in [1.82, 2.24) is 0 Å². The molecule has 2 aromatic carbocycles. The number of hydrogen-bond donors (Lipinski definition) is 0. The van der Waals surface area contributed by atoms with Crippen molar-refractivity contribution in [3.63, 3.8) is 0 Å². The second kappa shape index (κ2) is 4.66. The molecule has 0 spiro atoms. The summed E-state index contributed by atoms with van der Waals surface area (Å²) in [5, 5.41) is 0. The zero-order chi connectivity index (χ0) is 12.4. The molecule has 0 nitrogen and oxygen atoms in total. The third kappa shape index (κ3) is 2.21. The van der Waals surface area contributed by atoms with Gasteiger partial charge in [0.1, 0.15) is 11.6 Å². The minimum atomic E-state index is -0.503. The lowest BCUT2D eigenvalue weighted by molar-refractivity contribution is 0.570. The van der Waals surface area contributed by atoms with Crippen molar-refractivity contribution in [1.29, 1.82) is 0 Å². The monoisotopic (exact) mass is 232 g/mol. The van der Waals surface area contributed by atoms with Gasteiger partial charge < -0.3 is 0 Å². The summed E-state index contributed by atoms with van der Waals surface area (Å²) in [7, 11) is 0. The van der Waals surface area contributed by atoms with Gasteiger partial charge in [0.05, 0.1) is 0 Å². The van der Waals surface area contributed by atoms with Crippen molar-refractivity contribution in [2.75, 3.05) is 0 Å². The van der Waals surface area contributed by atoms with Crippen LogP contribution in [0.2, 0.25) is 0 Å². The first-order valence-electron chi connectivity index (χ1n) is 5.67. The third-order valence-electron chi connectivity index (χ3n) is 2.99. The van der Waals surface area contributed by atoms with Crippen LogP contribution in [0.25, 0.3) is 11.1 Å². The Hall–Kier alpha value is -1.70. The van der Waals surface area contributed by atoms with E-state index in [0.717, 1.165) is 12.0 Å². The second-order valence-electron chi connectivity index (χ2n) is 4.08. The first-order valence-corrected chi connectivity index (χ1v) is 5.67. The van der Waals surface area contributed by atoms with Gasteiger partial charge in [0.25, 0.3) is 0 Å². The maximum atomic E-state index is 13.9. The molecule has 0 saturated heterocycles. The van der Waals surface area contributed by atoms with E-state index in [0.29, 0.717) is 5.56 Å². The molecule has 0 aliphatic rings. The molecular formula is C15H14F2. The number of aryl methyl sites for hydroxylation is 1. The highest BCUT2D eigenvalue weighted by Crippen LogP contribution is 2.26. The molecule has 0 amide bonds. The van der Waals surface area contributed by atoms with Crippen molar-refractivity contribution in [2.24, 2.45) is 0 Å². The molecule has 0 bridgehead atoms. The van der Waals surface area contributed by atoms with Crippen LogP contribution in [0.4, 0.5) is 8.78 Å². The van der Waals surface area contributed by atoms with Gasteiger partial charge in [-0.25, -0.2) is 8.78 Å². The van der Waals surface area contributed by atoms with Crippen LogP contribution in [-0.4, -0.2) is 0 Å². The molecule has 0 N–H and O–H groups in total. The molecule has 0 aromatic heterocycles. The molecule has 0 heterocycles. The summed E-state index contributed by atoms with van der Waals surface area (Å²) in [6.07, 6.45) is 0.950. The van der Waals surface area contributed by atoms with Gasteiger partial charge >= 0.3 is 0 Å². The normalized spacial score (nSPS) is 10.6. The maximum absolute atomic E-state index is 13.9. The van der Waals surface area contributed by atoms with Crippen molar-refractivity contribution >= 4 is 0 Å². The molecule has 0 atom stereocenters. The number of benzene rings is 2. The van der Waals surface area contributed by atoms with Gasteiger partial charge in [-0.3, -0.25) is 0 Å². The summed E-state index contributed by atoms with van der Waals surface area (Å²) in [4.78, 5) is 0. The predicted octanol–water partition coefficient (Wildman–Crippen LogP) is 4.50. The molecule has 17 heavy (non-hydrogen) atoms. The standard InChI is InChI=1S/C15H14F2/c1-3-11-4-6-12(7-5-11)13-8-9-14(16)10(2)15(13)17/h4-9H,3H2,1-2H3. The summed E-state index contributed by atoms with van der Waals surface area (Å²) in [6.45, 7) is 3.52. The van der Waals surface area contributed by atoms with E-state index in [1.54, 1.807) is 0 Å². The van der Waals surface area contributed by atoms with Crippen molar-refractivity contribution in [2.45, 2.75) is 20.3 Å². The lowest BCUT2D eigenvalue weighted by Gasteiger charge is -2.07. The fourth-order valence-corrected chi connectivity index (χ4v) is 1.80. The van der Waals surface area contributed by atoms with E-state index >= 15 is 0 Å². The first kappa shape index (κ1) is 11.8. The van der Waals surface area contributed by atoms with Gasteiger partial charge in [-0.05, 0) is 36.6 Å². The topological polar surface area (TPSA) is 0 Å². The maximum Gasteiger partial charge on any atom is 0.136 e. The Morgan fingerprint density at radius 3 is 2.18 bits per heavy atom. The van der Waals surface area contributed by atoms with Gasteiger partial charge in [0, 0.05) is 11.1 Å². The highest BCUT2D eigenvalue weighted by atomic mass is 19.1. The Morgan fingerprint density at radius 1 is 0.941 bits per heavy atom. The molecule has 2 aromatic rings. The average Bonchev–Trinajstić information content (AvgIpc) is 2.36. The summed E-state index contributed by atoms with van der Waals surface area (Å²) >= 11 is 0. The van der Waals surface area contributed by atoms with Gasteiger partial charge in [-0.15, -0.1) is 0 Å². The van der Waals surface area contributed by atoms with Crippen molar-refractivity contribution in [3.8, 4) is 11.1 Å². The van der Waals surface area contributed by atoms with Gasteiger partial charge in [0.2, 0.25) is 0 Å². The number of rotatable bonds is 2. The van der Waals surface area contributed by atoms with Crippen LogP contribution in [0.5, 0.6) is 0 Å². The average molecular weight is 232 g/mol. The van der Waals surface area contributed by atoms with Gasteiger partial charge in [0.15, 0.2) is 0 Å². The predicted molar refractivity (Wildman–Crippen MR) is 65.9 cm³/mol. The van der Waals surface area contributed by atoms with E-state index in [-0.39, 0.29) is 5.56 Å². The molecule has 0 unspecified atom stereocenters. The number of hydrogen-bond acceptors (Lipinski definition) is 0. The molecule has 88 valence electrons. The Labute approximate surface area is 99.9 Å². The number of halogens is 2. The lowest BCUT2D eigenvalue weighted by Crippen LogP contribution is -1.92. The largest absolute Gasteiger partial charge is 0.207 e. The minimum Gasteiger partial charge on any atom is -0.207 e. The molecule has 2 heteroatoms. The van der Waals surface area contributed by atoms with Crippen LogP contribution in [0.15, 0.2) is 36.4 Å². The summed E-state index contributed by atoms with van der Waals surface area (Å²) < 4.78 is 27.0. The van der Waals surface area contributed by atoms with Crippen LogP contribution in [0.1, 0.15) is 18.1 Å². The van der Waals surface area contributed by atoms with Crippen LogP contribution in [0, 0.1) is 18.6 Å². The third-order valence-corrected chi connectivity index (χ3v) is 2.99. The van der Waals surface area contributed by atoms with Gasteiger partial charge in [-0.2, -0.15) is 0 Å². The fourth-order valence-electron chi connectivity index (χ4n) is 1.80. The highest BCUT2D eigenvalue weighted by Gasteiger charge is 2.10. The summed E-state index contributed by atoms with van der Waals surface area (Å²) in [5.41, 5.74) is 2.50. The highest BCUT2D eigenvalue weighted by molar-refractivity contribution is 5.65. The summed E-state index contributed by atoms with van der Waals surface area (Å²) in [5.74, 6) is -0.981. The van der Waals surface area contributed by atoms with E-state index < -0.39 is 11.6 Å². The van der Waals surface area contributed by atoms with E-state index in [2.05, 4.69) is 6.92 Å². The molecule has 0 radical (unpaired) electrons. The van der Waals surface area contributed by atoms with Crippen molar-refractivity contribution in [3.05, 3.63) is 59.2 Å². The Kier molecular flexibility index (Phi) is 3.23. The van der Waals surface area contributed by atoms with Crippen LogP contribution >= 0.6 is 0 Å². The zero-order valence-electron chi connectivity index (χ0n) is 9.93. The molecule has 0 saturated carbocycles. The SMILES string of the molecule is CCc1ccc(-c2ccc(F)c(C)c2F)cc1. The zero-order valence-corrected chi connectivity index (χ0v) is 9.93. The quantitative estimate of drug-likeness (QED) is 0.715. The van der Waals surface area contributed by atoms with Crippen LogP contribution in [0.3, 0.4) is 0 Å². The molecule has 2 rings (SSSR count). The lowest BCUT2D eigenvalue weighted by atomic mass is 10.0. The Morgan fingerprint density at radius 2 is 1.59 bits per heavy atom. The van der Waals surface area contributed by atoms with Crippen LogP contribution in [-0.2, 0) is 6.42 Å². The second-order valence-corrected chi connectivity index (χ2v) is 4.08. The first-order chi connectivity index (χ1) is 8.13.